The Morgan fingerprint density at radius 3 is 1.52 bits per heavy atom. The van der Waals surface area contributed by atoms with Crippen molar-refractivity contribution in [3.05, 3.63) is 140 Å². The molecule has 4 aromatic carbocycles. The molecule has 0 saturated carbocycles. The molecule has 0 unspecified atom stereocenters. The number of carbonyl (C=O) groups is 3. The summed E-state index contributed by atoms with van der Waals surface area (Å²) in [4.78, 5) is 51.1. The van der Waals surface area contributed by atoms with Crippen molar-refractivity contribution in [1.29, 1.82) is 0 Å². The normalized spacial score (nSPS) is 9.75. The SMILES string of the molecule is CCC(=O)c1cc(C)cc(C(=O)CCc2cc(C)cc(CC)c2)c1.Cc1cc(CN)cc(CN)c1.Cc1cccc(C(=O)O)c1.O=C=O. The lowest BCUT2D eigenvalue weighted by Gasteiger charge is -2.08. The molecule has 0 bridgehead atoms. The van der Waals surface area contributed by atoms with Gasteiger partial charge in [-0.1, -0.05) is 79.1 Å². The van der Waals surface area contributed by atoms with Crippen LogP contribution in [0.25, 0.3) is 0 Å². The van der Waals surface area contributed by atoms with E-state index in [-0.39, 0.29) is 17.7 Å². The van der Waals surface area contributed by atoms with Crippen molar-refractivity contribution in [3.8, 4) is 0 Å². The summed E-state index contributed by atoms with van der Waals surface area (Å²) in [5, 5.41) is 8.51. The third-order valence-corrected chi connectivity index (χ3v) is 7.22. The predicted molar refractivity (Wildman–Crippen MR) is 189 cm³/mol. The fourth-order valence-electron chi connectivity index (χ4n) is 4.97. The molecule has 0 amide bonds. The molecule has 0 fully saturated rings. The summed E-state index contributed by atoms with van der Waals surface area (Å²) in [5.74, 6) is -0.689. The van der Waals surface area contributed by atoms with Crippen molar-refractivity contribution in [1.82, 2.24) is 0 Å². The Labute approximate surface area is 284 Å². The van der Waals surface area contributed by atoms with Crippen LogP contribution in [0.4, 0.5) is 0 Å². The number of Topliss-reactive ketones (excluding diaryl/α,β-unsaturated/α-hetero) is 2. The fraction of sp³-hybridized carbons (Fsp3) is 0.300. The van der Waals surface area contributed by atoms with E-state index in [2.05, 4.69) is 51.1 Å². The number of aromatic carboxylic acids is 1. The van der Waals surface area contributed by atoms with Gasteiger partial charge in [0.15, 0.2) is 11.6 Å². The molecular weight excluding hydrogens is 604 g/mol. The third-order valence-electron chi connectivity index (χ3n) is 7.22. The predicted octanol–water partition coefficient (Wildman–Crippen LogP) is 7.30. The molecule has 0 aromatic heterocycles. The second kappa shape index (κ2) is 21.7. The molecule has 4 rings (SSSR count). The molecule has 48 heavy (non-hydrogen) atoms. The summed E-state index contributed by atoms with van der Waals surface area (Å²) in [6, 6.07) is 25.0. The number of aryl methyl sites for hydroxylation is 6. The first-order valence-corrected chi connectivity index (χ1v) is 15.9. The van der Waals surface area contributed by atoms with Crippen LogP contribution in [-0.2, 0) is 35.5 Å². The van der Waals surface area contributed by atoms with Crippen molar-refractivity contribution < 1.29 is 29.1 Å². The maximum Gasteiger partial charge on any atom is 0.373 e. The summed E-state index contributed by atoms with van der Waals surface area (Å²) >= 11 is 0. The van der Waals surface area contributed by atoms with Gasteiger partial charge >= 0.3 is 12.1 Å². The molecule has 254 valence electrons. The quantitative estimate of drug-likeness (QED) is 0.151. The van der Waals surface area contributed by atoms with Crippen LogP contribution in [0, 0.1) is 27.7 Å². The molecule has 5 N–H and O–H groups in total. The Morgan fingerprint density at radius 1 is 0.604 bits per heavy atom. The van der Waals surface area contributed by atoms with Crippen LogP contribution >= 0.6 is 0 Å². The number of ketones is 2. The standard InChI is InChI=1S/C22H26O2.C9H14N2.C8H8O2.CO2/c1-5-17-9-15(3)10-18(13-17)7-8-22(24)20-12-16(4)11-19(14-20)21(23)6-2;1-7-2-8(5-10)4-9(3-7)6-11;1-6-3-2-4-7(5-6)8(9)10;2-1-3/h9-14H,5-8H2,1-4H3;2-4H,5-6,10-11H2,1H3;2-5H,1H3,(H,9,10);. The van der Waals surface area contributed by atoms with Gasteiger partial charge in [0.2, 0.25) is 0 Å². The van der Waals surface area contributed by atoms with Gasteiger partial charge in [-0.2, -0.15) is 9.59 Å². The van der Waals surface area contributed by atoms with Crippen LogP contribution in [0.15, 0.2) is 78.9 Å². The lowest BCUT2D eigenvalue weighted by molar-refractivity contribution is -0.191. The molecule has 0 aliphatic heterocycles. The number of carboxylic acids is 1. The Kier molecular flexibility index (Phi) is 18.6. The van der Waals surface area contributed by atoms with Gasteiger partial charge in [0.05, 0.1) is 5.56 Å². The zero-order valence-corrected chi connectivity index (χ0v) is 28.9. The third kappa shape index (κ3) is 15.1. The minimum atomic E-state index is -0.872. The monoisotopic (exact) mass is 652 g/mol. The highest BCUT2D eigenvalue weighted by Crippen LogP contribution is 2.17. The van der Waals surface area contributed by atoms with Crippen LogP contribution in [0.5, 0.6) is 0 Å². The first-order valence-electron chi connectivity index (χ1n) is 15.9. The van der Waals surface area contributed by atoms with E-state index in [1.807, 2.05) is 45.0 Å². The molecule has 8 nitrogen and oxygen atoms in total. The molecule has 8 heteroatoms. The second-order valence-electron chi connectivity index (χ2n) is 11.5. The lowest BCUT2D eigenvalue weighted by Crippen LogP contribution is -2.05. The number of hydrogen-bond donors (Lipinski definition) is 3. The van der Waals surface area contributed by atoms with Gasteiger partial charge in [0, 0.05) is 37.1 Å². The van der Waals surface area contributed by atoms with E-state index in [0.717, 1.165) is 35.1 Å². The van der Waals surface area contributed by atoms with Crippen LogP contribution in [0.3, 0.4) is 0 Å². The van der Waals surface area contributed by atoms with E-state index < -0.39 is 5.97 Å². The van der Waals surface area contributed by atoms with E-state index >= 15 is 0 Å². The maximum absolute atomic E-state index is 12.6. The number of carboxylic acid groups (broad SMARTS) is 1. The second-order valence-corrected chi connectivity index (χ2v) is 11.5. The maximum atomic E-state index is 12.6. The minimum Gasteiger partial charge on any atom is -0.478 e. The summed E-state index contributed by atoms with van der Waals surface area (Å²) in [5.41, 5.74) is 21.9. The van der Waals surface area contributed by atoms with Crippen LogP contribution < -0.4 is 11.5 Å². The van der Waals surface area contributed by atoms with Crippen LogP contribution in [-0.4, -0.2) is 28.8 Å². The lowest BCUT2D eigenvalue weighted by atomic mass is 9.96. The summed E-state index contributed by atoms with van der Waals surface area (Å²) in [6.45, 7) is 13.1. The van der Waals surface area contributed by atoms with E-state index in [9.17, 15) is 14.4 Å². The highest BCUT2D eigenvalue weighted by molar-refractivity contribution is 6.01. The molecule has 0 spiro atoms. The first kappa shape index (κ1) is 41.0. The molecule has 0 aliphatic rings. The molecule has 0 radical (unpaired) electrons. The number of carbonyl (C=O) groups excluding carboxylic acids is 4. The highest BCUT2D eigenvalue weighted by atomic mass is 16.4. The number of benzene rings is 4. The van der Waals surface area contributed by atoms with Crippen molar-refractivity contribution >= 4 is 23.7 Å². The number of rotatable bonds is 10. The Bertz CT molecular complexity index is 1680. The highest BCUT2D eigenvalue weighted by Gasteiger charge is 2.12. The summed E-state index contributed by atoms with van der Waals surface area (Å²) in [7, 11) is 0. The van der Waals surface area contributed by atoms with E-state index in [4.69, 9.17) is 26.2 Å². The minimum absolute atomic E-state index is 0.0824. The molecular formula is C40H48N2O6. The largest absolute Gasteiger partial charge is 0.478 e. The summed E-state index contributed by atoms with van der Waals surface area (Å²) < 4.78 is 0. The van der Waals surface area contributed by atoms with Gasteiger partial charge < -0.3 is 16.6 Å². The summed E-state index contributed by atoms with van der Waals surface area (Å²) in [6.07, 6.45) is 2.91. The van der Waals surface area contributed by atoms with Gasteiger partial charge in [-0.05, 0) is 98.7 Å². The molecule has 0 aliphatic carbocycles. The van der Waals surface area contributed by atoms with Crippen molar-refractivity contribution in [2.24, 2.45) is 11.5 Å². The Hall–Kier alpha value is -5.01. The average Bonchev–Trinajstić information content (AvgIpc) is 3.06. The van der Waals surface area contributed by atoms with E-state index in [1.165, 1.54) is 22.3 Å². The molecule has 0 atom stereocenters. The van der Waals surface area contributed by atoms with Crippen molar-refractivity contribution in [2.45, 2.75) is 80.3 Å². The average molecular weight is 653 g/mol. The zero-order valence-electron chi connectivity index (χ0n) is 28.9. The Balaban J connectivity index is 0.000000395. The van der Waals surface area contributed by atoms with Crippen LogP contribution in [0.2, 0.25) is 0 Å². The smallest absolute Gasteiger partial charge is 0.373 e. The van der Waals surface area contributed by atoms with Gasteiger partial charge in [0.25, 0.3) is 0 Å². The fourth-order valence-corrected chi connectivity index (χ4v) is 4.97. The molecule has 4 aromatic rings. The van der Waals surface area contributed by atoms with Gasteiger partial charge in [0.1, 0.15) is 0 Å². The van der Waals surface area contributed by atoms with Crippen molar-refractivity contribution in [2.75, 3.05) is 0 Å². The topological polar surface area (TPSA) is 158 Å². The van der Waals surface area contributed by atoms with Crippen LogP contribution in [0.1, 0.15) is 102 Å². The van der Waals surface area contributed by atoms with Crippen molar-refractivity contribution in [3.63, 3.8) is 0 Å². The van der Waals surface area contributed by atoms with E-state index in [0.29, 0.717) is 42.6 Å². The number of nitrogens with two attached hydrogens (primary N) is 2. The molecule has 0 saturated heterocycles. The van der Waals surface area contributed by atoms with E-state index in [1.54, 1.807) is 24.3 Å². The zero-order chi connectivity index (χ0) is 36.2. The first-order chi connectivity index (χ1) is 22.8. The van der Waals surface area contributed by atoms with Gasteiger partial charge in [-0.3, -0.25) is 9.59 Å². The number of hydrogen-bond acceptors (Lipinski definition) is 7. The van der Waals surface area contributed by atoms with Gasteiger partial charge in [-0.25, -0.2) is 4.79 Å². The Morgan fingerprint density at radius 2 is 1.06 bits per heavy atom. The molecule has 0 heterocycles. The van der Waals surface area contributed by atoms with Gasteiger partial charge in [-0.15, -0.1) is 0 Å².